The van der Waals surface area contributed by atoms with Crippen molar-refractivity contribution in [1.29, 1.82) is 0 Å². The summed E-state index contributed by atoms with van der Waals surface area (Å²) in [5.74, 6) is 0.817. The number of carbonyl (C=O) groups is 2. The molecule has 2 amide bonds. The zero-order valence-corrected chi connectivity index (χ0v) is 22.9. The summed E-state index contributed by atoms with van der Waals surface area (Å²) >= 11 is 7.86. The SMILES string of the molecule is Cc1ccccc1CN(C(=O)CSCc1ccccc1Cl)[C@H](Cc1ccccc1)C(=O)NC1CCCC1. The average molecular weight is 535 g/mol. The standard InChI is InChI=1S/C31H35ClN2O2S/c1-23-11-5-6-14-25(23)20-34(30(35)22-37-21-26-15-7-10-18-28(26)32)29(19-24-12-3-2-4-13-24)31(36)33-27-16-8-9-17-27/h2-7,10-15,18,27,29H,8-9,16-17,19-22H2,1H3,(H,33,36)/t29-/m1/s1. The molecular weight excluding hydrogens is 500 g/mol. The van der Waals surface area contributed by atoms with Gasteiger partial charge in [0.2, 0.25) is 11.8 Å². The second kappa shape index (κ2) is 13.7. The molecule has 0 radical (unpaired) electrons. The summed E-state index contributed by atoms with van der Waals surface area (Å²) in [4.78, 5) is 29.3. The molecule has 1 N–H and O–H groups in total. The molecule has 4 rings (SSSR count). The summed E-state index contributed by atoms with van der Waals surface area (Å²) in [6, 6.07) is 25.4. The highest BCUT2D eigenvalue weighted by molar-refractivity contribution is 7.99. The highest BCUT2D eigenvalue weighted by atomic mass is 35.5. The van der Waals surface area contributed by atoms with Crippen molar-refractivity contribution in [3.05, 3.63) is 106 Å². The van der Waals surface area contributed by atoms with Gasteiger partial charge >= 0.3 is 0 Å². The topological polar surface area (TPSA) is 49.4 Å². The number of amides is 2. The molecule has 3 aromatic rings. The molecule has 194 valence electrons. The van der Waals surface area contributed by atoms with Crippen molar-refractivity contribution in [2.45, 2.75) is 63.4 Å². The van der Waals surface area contributed by atoms with Crippen LogP contribution in [0, 0.1) is 6.92 Å². The van der Waals surface area contributed by atoms with Crippen LogP contribution in [0.2, 0.25) is 5.02 Å². The largest absolute Gasteiger partial charge is 0.352 e. The Morgan fingerprint density at radius 2 is 1.59 bits per heavy atom. The number of nitrogens with zero attached hydrogens (tertiary/aromatic N) is 1. The number of thioether (sulfide) groups is 1. The molecule has 1 saturated carbocycles. The Morgan fingerprint density at radius 3 is 2.30 bits per heavy atom. The number of aryl methyl sites for hydroxylation is 1. The molecule has 0 heterocycles. The molecule has 0 saturated heterocycles. The number of benzene rings is 3. The van der Waals surface area contributed by atoms with Gasteiger partial charge in [-0.3, -0.25) is 9.59 Å². The van der Waals surface area contributed by atoms with E-state index in [-0.39, 0.29) is 23.6 Å². The van der Waals surface area contributed by atoms with Crippen LogP contribution in [0.4, 0.5) is 0 Å². The van der Waals surface area contributed by atoms with Gasteiger partial charge in [-0.05, 0) is 48.1 Å². The van der Waals surface area contributed by atoms with E-state index in [4.69, 9.17) is 11.6 Å². The van der Waals surface area contributed by atoms with Gasteiger partial charge in [0.25, 0.3) is 0 Å². The lowest BCUT2D eigenvalue weighted by molar-refractivity contribution is -0.139. The van der Waals surface area contributed by atoms with Gasteiger partial charge in [0, 0.05) is 29.8 Å². The third-order valence-corrected chi connectivity index (χ3v) is 8.35. The molecule has 0 aromatic heterocycles. The first-order chi connectivity index (χ1) is 18.0. The maximum absolute atomic E-state index is 13.8. The molecule has 1 fully saturated rings. The van der Waals surface area contributed by atoms with E-state index < -0.39 is 6.04 Å². The van der Waals surface area contributed by atoms with Crippen molar-refractivity contribution in [3.63, 3.8) is 0 Å². The Morgan fingerprint density at radius 1 is 0.946 bits per heavy atom. The fraction of sp³-hybridized carbons (Fsp3) is 0.355. The lowest BCUT2D eigenvalue weighted by Gasteiger charge is -2.32. The molecule has 6 heteroatoms. The molecule has 1 aliphatic carbocycles. The molecule has 0 aliphatic heterocycles. The quantitative estimate of drug-likeness (QED) is 0.302. The summed E-state index contributed by atoms with van der Waals surface area (Å²) in [6.07, 6.45) is 4.76. The van der Waals surface area contributed by atoms with Gasteiger partial charge in [0.1, 0.15) is 6.04 Å². The van der Waals surface area contributed by atoms with Crippen LogP contribution in [0.1, 0.15) is 47.9 Å². The van der Waals surface area contributed by atoms with Crippen LogP contribution < -0.4 is 5.32 Å². The van der Waals surface area contributed by atoms with Crippen molar-refractivity contribution in [1.82, 2.24) is 10.2 Å². The van der Waals surface area contributed by atoms with Crippen LogP contribution >= 0.6 is 23.4 Å². The summed E-state index contributed by atoms with van der Waals surface area (Å²) in [5, 5.41) is 3.97. The normalized spacial score (nSPS) is 14.3. The highest BCUT2D eigenvalue weighted by Crippen LogP contribution is 2.24. The number of halogens is 1. The maximum Gasteiger partial charge on any atom is 0.243 e. The first kappa shape index (κ1) is 27.3. The zero-order valence-electron chi connectivity index (χ0n) is 21.4. The van der Waals surface area contributed by atoms with Crippen molar-refractivity contribution >= 4 is 35.2 Å². The first-order valence-electron chi connectivity index (χ1n) is 13.0. The summed E-state index contributed by atoms with van der Waals surface area (Å²) in [6.45, 7) is 2.45. The van der Waals surface area contributed by atoms with E-state index in [0.717, 1.165) is 47.9 Å². The molecular formula is C31H35ClN2O2S. The number of hydrogen-bond acceptors (Lipinski definition) is 3. The van der Waals surface area contributed by atoms with E-state index in [9.17, 15) is 9.59 Å². The predicted octanol–water partition coefficient (Wildman–Crippen LogP) is 6.58. The van der Waals surface area contributed by atoms with Gasteiger partial charge < -0.3 is 10.2 Å². The van der Waals surface area contributed by atoms with Gasteiger partial charge in [-0.15, -0.1) is 11.8 Å². The van der Waals surface area contributed by atoms with Crippen molar-refractivity contribution in [2.75, 3.05) is 5.75 Å². The Balaban J connectivity index is 1.58. The average Bonchev–Trinajstić information content (AvgIpc) is 3.42. The Bertz CT molecular complexity index is 1180. The van der Waals surface area contributed by atoms with Crippen LogP contribution in [0.3, 0.4) is 0 Å². The van der Waals surface area contributed by atoms with E-state index >= 15 is 0 Å². The molecule has 37 heavy (non-hydrogen) atoms. The molecule has 0 spiro atoms. The molecule has 1 aliphatic rings. The van der Waals surface area contributed by atoms with E-state index in [2.05, 4.69) is 18.3 Å². The van der Waals surface area contributed by atoms with Crippen LogP contribution in [-0.2, 0) is 28.3 Å². The Labute approximate surface area is 229 Å². The van der Waals surface area contributed by atoms with Gasteiger partial charge in [0.15, 0.2) is 0 Å². The second-order valence-electron chi connectivity index (χ2n) is 9.73. The first-order valence-corrected chi connectivity index (χ1v) is 14.5. The van der Waals surface area contributed by atoms with Crippen LogP contribution in [0.5, 0.6) is 0 Å². The fourth-order valence-electron chi connectivity index (χ4n) is 4.84. The van der Waals surface area contributed by atoms with Crippen molar-refractivity contribution < 1.29 is 9.59 Å². The molecule has 0 unspecified atom stereocenters. The van der Waals surface area contributed by atoms with E-state index in [1.54, 1.807) is 4.90 Å². The molecule has 4 nitrogen and oxygen atoms in total. The summed E-state index contributed by atoms with van der Waals surface area (Å²) in [7, 11) is 0. The maximum atomic E-state index is 13.8. The van der Waals surface area contributed by atoms with Crippen molar-refractivity contribution in [3.8, 4) is 0 Å². The molecule has 0 bridgehead atoms. The summed E-state index contributed by atoms with van der Waals surface area (Å²) in [5.41, 5.74) is 4.21. The van der Waals surface area contributed by atoms with Crippen LogP contribution in [-0.4, -0.2) is 34.6 Å². The smallest absolute Gasteiger partial charge is 0.243 e. The number of hydrogen-bond donors (Lipinski definition) is 1. The van der Waals surface area contributed by atoms with Gasteiger partial charge in [0.05, 0.1) is 5.75 Å². The minimum atomic E-state index is -0.587. The second-order valence-corrected chi connectivity index (χ2v) is 11.1. The van der Waals surface area contributed by atoms with E-state index in [1.165, 1.54) is 11.8 Å². The Hall–Kier alpha value is -2.76. The highest BCUT2D eigenvalue weighted by Gasteiger charge is 2.32. The zero-order chi connectivity index (χ0) is 26.0. The lowest BCUT2D eigenvalue weighted by atomic mass is 10.0. The van der Waals surface area contributed by atoms with Crippen LogP contribution in [0.25, 0.3) is 0 Å². The number of carbonyl (C=O) groups excluding carboxylic acids is 2. The van der Waals surface area contributed by atoms with Crippen molar-refractivity contribution in [2.24, 2.45) is 0 Å². The lowest BCUT2D eigenvalue weighted by Crippen LogP contribution is -2.52. The van der Waals surface area contributed by atoms with E-state index in [0.29, 0.717) is 23.7 Å². The van der Waals surface area contributed by atoms with Gasteiger partial charge in [-0.2, -0.15) is 0 Å². The molecule has 1 atom stereocenters. The minimum Gasteiger partial charge on any atom is -0.352 e. The predicted molar refractivity (Wildman–Crippen MR) is 154 cm³/mol. The fourth-order valence-corrected chi connectivity index (χ4v) is 6.04. The third-order valence-electron chi connectivity index (χ3n) is 7.02. The molecule has 3 aromatic carbocycles. The van der Waals surface area contributed by atoms with Gasteiger partial charge in [-0.25, -0.2) is 0 Å². The van der Waals surface area contributed by atoms with E-state index in [1.807, 2.05) is 72.8 Å². The van der Waals surface area contributed by atoms with Crippen LogP contribution in [0.15, 0.2) is 78.9 Å². The minimum absolute atomic E-state index is 0.0391. The number of nitrogens with one attached hydrogen (secondary N) is 1. The third kappa shape index (κ3) is 7.86. The summed E-state index contributed by atoms with van der Waals surface area (Å²) < 4.78 is 0. The monoisotopic (exact) mass is 534 g/mol. The Kier molecular flexibility index (Phi) is 10.1. The number of rotatable bonds is 11. The van der Waals surface area contributed by atoms with Gasteiger partial charge in [-0.1, -0.05) is 97.2 Å².